The van der Waals surface area contributed by atoms with Gasteiger partial charge in [-0.25, -0.2) is 9.98 Å². The van der Waals surface area contributed by atoms with Crippen molar-refractivity contribution in [2.75, 3.05) is 13.2 Å². The van der Waals surface area contributed by atoms with Gasteiger partial charge in [-0.05, 0) is 93.0 Å². The molecule has 0 saturated carbocycles. The molecule has 4 unspecified atom stereocenters. The van der Waals surface area contributed by atoms with E-state index in [1.807, 2.05) is 12.2 Å². The summed E-state index contributed by atoms with van der Waals surface area (Å²) in [7, 11) is 0. The molecule has 1 aromatic rings. The maximum atomic E-state index is 9.97. The largest absolute Gasteiger partial charge is 0.376 e. The van der Waals surface area contributed by atoms with Crippen LogP contribution in [0.4, 0.5) is 0 Å². The highest BCUT2D eigenvalue weighted by Crippen LogP contribution is 2.38. The van der Waals surface area contributed by atoms with Crippen LogP contribution in [-0.4, -0.2) is 47.4 Å². The van der Waals surface area contributed by atoms with E-state index in [1.165, 1.54) is 103 Å². The predicted molar refractivity (Wildman–Crippen MR) is 221 cm³/mol. The van der Waals surface area contributed by atoms with Crippen molar-refractivity contribution in [3.8, 4) is 0 Å². The smallest absolute Gasteiger partial charge is 0.0878 e. The molecule has 0 saturated heterocycles. The standard InChI is InChI=1S/C46H68N4O2/c1-5-7-9-11-13-15-17-19-21-29-51-36(3)44-35-46(37(4)52-30-22-20-18-16-14-12-10-8-6-2)34-43-28-27-41(49-43)32-39-24-23-38(47-39)31-40-25-26-42(48-40)33-45(44)50-46/h23-28,31-34,36-37,47,50H,5-22,29-30,35H2,1-4H3/i35D. The predicted octanol–water partition coefficient (Wildman–Crippen LogP) is 10.2. The molecule has 1 aromatic heterocycles. The zero-order valence-corrected chi connectivity index (χ0v) is 32.9. The number of unbranched alkanes of at least 4 members (excludes halogenated alkanes) is 16. The average Bonchev–Trinajstić information content (AvgIpc) is 3.95. The molecule has 284 valence electrons. The molecule has 4 atom stereocenters. The molecule has 0 aromatic carbocycles. The fourth-order valence-corrected chi connectivity index (χ4v) is 7.54. The van der Waals surface area contributed by atoms with Gasteiger partial charge in [0.1, 0.15) is 0 Å². The normalized spacial score (nSPS) is 21.9. The molecule has 0 fully saturated rings. The summed E-state index contributed by atoms with van der Waals surface area (Å²) in [4.78, 5) is 13.4. The Kier molecular flexibility index (Phi) is 15.9. The molecule has 8 bridgehead atoms. The highest BCUT2D eigenvalue weighted by molar-refractivity contribution is 6.20. The number of aliphatic imine (C=N–C) groups is 2. The van der Waals surface area contributed by atoms with Gasteiger partial charge in [-0.15, -0.1) is 0 Å². The van der Waals surface area contributed by atoms with E-state index in [0.717, 1.165) is 57.6 Å². The van der Waals surface area contributed by atoms with Crippen molar-refractivity contribution >= 4 is 23.6 Å². The van der Waals surface area contributed by atoms with E-state index in [2.05, 4.69) is 86.6 Å². The molecule has 4 aliphatic rings. The van der Waals surface area contributed by atoms with E-state index in [-0.39, 0.29) is 12.2 Å². The third kappa shape index (κ3) is 12.4. The van der Waals surface area contributed by atoms with Crippen molar-refractivity contribution in [2.24, 2.45) is 9.98 Å². The minimum atomic E-state index is -0.841. The molecule has 4 aliphatic heterocycles. The lowest BCUT2D eigenvalue weighted by Crippen LogP contribution is -2.49. The first kappa shape index (κ1) is 38.5. The number of aromatic amines is 1. The summed E-state index contributed by atoms with van der Waals surface area (Å²) >= 11 is 0. The van der Waals surface area contributed by atoms with E-state index >= 15 is 0 Å². The van der Waals surface area contributed by atoms with Crippen LogP contribution in [-0.2, 0) is 9.47 Å². The lowest BCUT2D eigenvalue weighted by molar-refractivity contribution is 0.0163. The molecule has 0 spiro atoms. The number of rotatable bonds is 24. The number of H-pyrrole nitrogens is 1. The number of fused-ring (bicyclic) bond motifs is 6. The summed E-state index contributed by atoms with van der Waals surface area (Å²) in [5.74, 6) is 0. The van der Waals surface area contributed by atoms with Crippen LogP contribution in [0.5, 0.6) is 0 Å². The summed E-state index contributed by atoms with van der Waals surface area (Å²) in [6.07, 6.45) is 38.4. The van der Waals surface area contributed by atoms with Crippen LogP contribution < -0.4 is 16.0 Å². The summed E-state index contributed by atoms with van der Waals surface area (Å²) in [5, 5.41) is 5.84. The van der Waals surface area contributed by atoms with Crippen LogP contribution >= 0.6 is 0 Å². The number of allylic oxidation sites excluding steroid dienone is 5. The third-order valence-corrected chi connectivity index (χ3v) is 10.8. The second-order valence-corrected chi connectivity index (χ2v) is 15.3. The number of nitrogens with one attached hydrogen (secondary N) is 2. The fourth-order valence-electron chi connectivity index (χ4n) is 7.54. The van der Waals surface area contributed by atoms with E-state index in [1.54, 1.807) is 0 Å². The van der Waals surface area contributed by atoms with Gasteiger partial charge in [-0.2, -0.15) is 0 Å². The lowest BCUT2D eigenvalue weighted by Gasteiger charge is -2.35. The zero-order valence-electron chi connectivity index (χ0n) is 33.9. The van der Waals surface area contributed by atoms with E-state index < -0.39 is 11.9 Å². The Bertz CT molecular complexity index is 1660. The van der Waals surface area contributed by atoms with Crippen LogP contribution in [0.15, 0.2) is 81.2 Å². The molecule has 2 N–H and O–H groups in total. The monoisotopic (exact) mass is 710 g/mol. The van der Waals surface area contributed by atoms with Crippen molar-refractivity contribution in [2.45, 2.75) is 167 Å². The summed E-state index contributed by atoms with van der Waals surface area (Å²) in [6, 6.07) is 4.14. The van der Waals surface area contributed by atoms with Gasteiger partial charge in [0, 0.05) is 37.4 Å². The number of hydrogen-bond acceptors (Lipinski definition) is 5. The first-order valence-electron chi connectivity index (χ1n) is 21.5. The Hall–Kier alpha value is -3.22. The van der Waals surface area contributed by atoms with Gasteiger partial charge in [0.25, 0.3) is 0 Å². The van der Waals surface area contributed by atoms with Gasteiger partial charge in [-0.1, -0.05) is 117 Å². The number of hydrogen-bond donors (Lipinski definition) is 2. The van der Waals surface area contributed by atoms with Gasteiger partial charge >= 0.3 is 0 Å². The molecule has 0 radical (unpaired) electrons. The summed E-state index contributed by atoms with van der Waals surface area (Å²) in [6.45, 7) is 10.1. The van der Waals surface area contributed by atoms with E-state index in [4.69, 9.17) is 19.5 Å². The molecule has 0 amide bonds. The highest BCUT2D eigenvalue weighted by atomic mass is 16.5. The van der Waals surface area contributed by atoms with Crippen LogP contribution in [0.2, 0.25) is 0 Å². The Labute approximate surface area is 316 Å². The van der Waals surface area contributed by atoms with Gasteiger partial charge in [0.2, 0.25) is 0 Å². The van der Waals surface area contributed by atoms with E-state index in [9.17, 15) is 1.37 Å². The molecule has 6 heteroatoms. The average molecular weight is 710 g/mol. The molecule has 6 nitrogen and oxygen atoms in total. The zero-order chi connectivity index (χ0) is 37.3. The Morgan fingerprint density at radius 3 is 1.73 bits per heavy atom. The second-order valence-electron chi connectivity index (χ2n) is 15.3. The van der Waals surface area contributed by atoms with Crippen LogP contribution in [0.1, 0.15) is 151 Å². The van der Waals surface area contributed by atoms with Gasteiger partial charge in [0.05, 0.1) is 40.6 Å². The van der Waals surface area contributed by atoms with Crippen molar-refractivity contribution in [3.63, 3.8) is 0 Å². The van der Waals surface area contributed by atoms with Crippen molar-refractivity contribution in [3.05, 3.63) is 82.0 Å². The van der Waals surface area contributed by atoms with Gasteiger partial charge < -0.3 is 19.8 Å². The minimum Gasteiger partial charge on any atom is -0.376 e. The number of nitrogens with zero attached hydrogens (tertiary/aromatic N) is 2. The quantitative estimate of drug-likeness (QED) is 0.105. The molecular weight excluding hydrogens is 641 g/mol. The number of aromatic nitrogens is 1. The lowest BCUT2D eigenvalue weighted by atomic mass is 9.86. The summed E-state index contributed by atoms with van der Waals surface area (Å²) in [5.41, 5.74) is 4.46. The van der Waals surface area contributed by atoms with Crippen molar-refractivity contribution < 1.29 is 10.8 Å². The van der Waals surface area contributed by atoms with Crippen LogP contribution in [0.3, 0.4) is 0 Å². The van der Waals surface area contributed by atoms with Crippen LogP contribution in [0.25, 0.3) is 12.2 Å². The first-order valence-corrected chi connectivity index (χ1v) is 21.0. The third-order valence-electron chi connectivity index (χ3n) is 10.8. The Balaban J connectivity index is 1.33. The van der Waals surface area contributed by atoms with Crippen molar-refractivity contribution in [1.82, 2.24) is 10.3 Å². The SMILES string of the molecule is [2H]C1C(C(C)OCCCCCCCCCCC)=C2C=C3C=CC(=N3)C=c3ccc([nH]3)=CC3=NC(=CC1(C(C)OCCCCCCCCCCC)N2)C=C3. The maximum Gasteiger partial charge on any atom is 0.0878 e. The molecule has 52 heavy (non-hydrogen) atoms. The Morgan fingerprint density at radius 2 is 1.15 bits per heavy atom. The number of ether oxygens (including phenoxy) is 2. The molecule has 5 rings (SSSR count). The van der Waals surface area contributed by atoms with Crippen LogP contribution in [0, 0.1) is 0 Å². The van der Waals surface area contributed by atoms with E-state index in [0.29, 0.717) is 13.2 Å². The second kappa shape index (κ2) is 21.5. The molecular formula is C46H68N4O2. The summed E-state index contributed by atoms with van der Waals surface area (Å²) < 4.78 is 23.2. The topological polar surface area (TPSA) is 71.0 Å². The minimum absolute atomic E-state index is 0.235. The van der Waals surface area contributed by atoms with Crippen molar-refractivity contribution in [1.29, 1.82) is 0 Å². The fraction of sp³-hybridized carbons (Fsp3) is 0.609. The molecule has 5 heterocycles. The highest BCUT2D eigenvalue weighted by Gasteiger charge is 2.43. The van der Waals surface area contributed by atoms with Gasteiger partial charge in [0.15, 0.2) is 0 Å². The van der Waals surface area contributed by atoms with Gasteiger partial charge in [-0.3, -0.25) is 0 Å². The Morgan fingerprint density at radius 1 is 0.654 bits per heavy atom. The molecule has 0 aliphatic carbocycles. The maximum absolute atomic E-state index is 9.97. The first-order chi connectivity index (χ1) is 25.9.